The highest BCUT2D eigenvalue weighted by molar-refractivity contribution is 7.99. The van der Waals surface area contributed by atoms with Crippen LogP contribution < -0.4 is 0 Å². The number of hydrogen-bond donors (Lipinski definition) is 0. The lowest BCUT2D eigenvalue weighted by Crippen LogP contribution is -2.60. The maximum atomic E-state index is 6.82. The van der Waals surface area contributed by atoms with Gasteiger partial charge in [0.25, 0.3) is 0 Å². The minimum atomic E-state index is -0.324. The lowest BCUT2D eigenvalue weighted by molar-refractivity contribution is -0.270. The zero-order chi connectivity index (χ0) is 26.3. The van der Waals surface area contributed by atoms with Crippen LogP contribution in [0.5, 0.6) is 0 Å². The zero-order valence-electron chi connectivity index (χ0n) is 21.9. The van der Waals surface area contributed by atoms with Gasteiger partial charge in [0.15, 0.2) is 0 Å². The highest BCUT2D eigenvalue weighted by atomic mass is 32.2. The number of benzene rings is 4. The summed E-state index contributed by atoms with van der Waals surface area (Å²) in [6.07, 6.45) is 0.911. The lowest BCUT2D eigenvalue weighted by atomic mass is 9.90. The zero-order valence-corrected chi connectivity index (χ0v) is 22.7. The quantitative estimate of drug-likeness (QED) is 0.219. The Kier molecular flexibility index (Phi) is 8.73. The van der Waals surface area contributed by atoms with E-state index in [1.807, 2.05) is 48.5 Å². The van der Waals surface area contributed by atoms with E-state index in [2.05, 4.69) is 72.8 Å². The molecule has 39 heavy (non-hydrogen) atoms. The average molecular weight is 539 g/mol. The summed E-state index contributed by atoms with van der Waals surface area (Å²) in [5.41, 5.74) is 3.22. The van der Waals surface area contributed by atoms with E-state index >= 15 is 0 Å². The molecule has 6 atom stereocenters. The molecule has 0 N–H and O–H groups in total. The van der Waals surface area contributed by atoms with E-state index < -0.39 is 0 Å². The van der Waals surface area contributed by atoms with Crippen molar-refractivity contribution in [2.45, 2.75) is 66.9 Å². The monoisotopic (exact) mass is 538 g/mol. The van der Waals surface area contributed by atoms with Crippen LogP contribution in [-0.2, 0) is 32.2 Å². The predicted octanol–water partition coefficient (Wildman–Crippen LogP) is 7.59. The number of hydrogen-bond acceptors (Lipinski definition) is 5. The Morgan fingerprint density at radius 1 is 0.590 bits per heavy atom. The average Bonchev–Trinajstić information content (AvgIpc) is 3.01. The number of rotatable bonds is 9. The standard InChI is InChI=1S/C34H34O4S/c1-5-13-25(14-6-1)23-35-32-31-30(22-21-29(37-31)27-17-9-3-10-18-27)38-34(39-28-19-11-4-12-20-28)33(32)36-24-26-15-7-2-8-16-26/h1-20,29-34H,21-24H2/t29-,30+,31+,32-,33-,34+/m0/s1. The molecule has 0 radical (unpaired) electrons. The SMILES string of the molecule is c1ccc(CO[C@@H]2[C@H](OCc3ccccc3)[C@@H](Sc3ccccc3)O[C@@H]3CC[C@@H](c4ccccc4)O[C@@H]23)cc1. The van der Waals surface area contributed by atoms with Gasteiger partial charge in [-0.1, -0.05) is 121 Å². The number of thioether (sulfide) groups is 1. The maximum Gasteiger partial charge on any atom is 0.136 e. The van der Waals surface area contributed by atoms with Gasteiger partial charge in [0.1, 0.15) is 23.7 Å². The van der Waals surface area contributed by atoms with Crippen molar-refractivity contribution in [3.63, 3.8) is 0 Å². The fourth-order valence-electron chi connectivity index (χ4n) is 5.39. The Morgan fingerprint density at radius 3 is 1.74 bits per heavy atom. The summed E-state index contributed by atoms with van der Waals surface area (Å²) in [5.74, 6) is 0. The van der Waals surface area contributed by atoms with Gasteiger partial charge in [0.2, 0.25) is 0 Å². The normalized spacial score (nSPS) is 26.6. The van der Waals surface area contributed by atoms with Crippen molar-refractivity contribution in [1.82, 2.24) is 0 Å². The first-order valence-electron chi connectivity index (χ1n) is 13.7. The smallest absolute Gasteiger partial charge is 0.136 e. The van der Waals surface area contributed by atoms with Gasteiger partial charge in [-0.15, -0.1) is 0 Å². The minimum absolute atomic E-state index is 0.00646. The molecule has 0 aliphatic carbocycles. The van der Waals surface area contributed by atoms with Crippen molar-refractivity contribution >= 4 is 11.8 Å². The molecular formula is C34H34O4S. The van der Waals surface area contributed by atoms with Crippen LogP contribution in [0.2, 0.25) is 0 Å². The van der Waals surface area contributed by atoms with Crippen LogP contribution in [0.25, 0.3) is 0 Å². The molecule has 4 aromatic carbocycles. The van der Waals surface area contributed by atoms with Crippen LogP contribution in [0.1, 0.15) is 35.6 Å². The first kappa shape index (κ1) is 26.3. The Hall–Kier alpha value is -2.93. The third kappa shape index (κ3) is 6.63. The fourth-order valence-corrected chi connectivity index (χ4v) is 6.54. The second-order valence-electron chi connectivity index (χ2n) is 10.1. The van der Waals surface area contributed by atoms with Crippen molar-refractivity contribution in [2.75, 3.05) is 0 Å². The van der Waals surface area contributed by atoms with E-state index in [1.54, 1.807) is 11.8 Å². The largest absolute Gasteiger partial charge is 0.368 e. The molecule has 5 heteroatoms. The Labute approximate surface area is 235 Å². The summed E-state index contributed by atoms with van der Waals surface area (Å²) in [6, 6.07) is 41.5. The highest BCUT2D eigenvalue weighted by Gasteiger charge is 2.51. The van der Waals surface area contributed by atoms with Gasteiger partial charge in [-0.05, 0) is 41.7 Å². The third-order valence-corrected chi connectivity index (χ3v) is 8.52. The van der Waals surface area contributed by atoms with Crippen LogP contribution in [-0.4, -0.2) is 29.9 Å². The number of fused-ring (bicyclic) bond motifs is 1. The van der Waals surface area contributed by atoms with Crippen molar-refractivity contribution in [3.05, 3.63) is 138 Å². The van der Waals surface area contributed by atoms with Gasteiger partial charge < -0.3 is 18.9 Å². The lowest BCUT2D eigenvalue weighted by Gasteiger charge is -2.49. The van der Waals surface area contributed by atoms with E-state index in [0.717, 1.165) is 28.9 Å². The summed E-state index contributed by atoms with van der Waals surface area (Å²) in [7, 11) is 0. The molecule has 6 rings (SSSR count). The summed E-state index contributed by atoms with van der Waals surface area (Å²) in [5, 5.41) is 0. The second kappa shape index (κ2) is 12.9. The summed E-state index contributed by atoms with van der Waals surface area (Å²) in [6.45, 7) is 0.966. The molecule has 200 valence electrons. The fraction of sp³-hybridized carbons (Fsp3) is 0.294. The third-order valence-electron chi connectivity index (χ3n) is 7.36. The van der Waals surface area contributed by atoms with Gasteiger partial charge in [0.05, 0.1) is 25.4 Å². The minimum Gasteiger partial charge on any atom is -0.368 e. The molecule has 0 bridgehead atoms. The molecule has 0 aromatic heterocycles. The number of ether oxygens (including phenoxy) is 4. The van der Waals surface area contributed by atoms with Crippen LogP contribution in [0.3, 0.4) is 0 Å². The summed E-state index contributed by atoms with van der Waals surface area (Å²) in [4.78, 5) is 1.15. The first-order valence-corrected chi connectivity index (χ1v) is 14.6. The van der Waals surface area contributed by atoms with Crippen LogP contribution in [0, 0.1) is 0 Å². The maximum absolute atomic E-state index is 6.82. The van der Waals surface area contributed by atoms with Crippen LogP contribution in [0.4, 0.5) is 0 Å². The van der Waals surface area contributed by atoms with E-state index in [-0.39, 0.29) is 36.0 Å². The molecule has 0 amide bonds. The van der Waals surface area contributed by atoms with E-state index in [9.17, 15) is 0 Å². The van der Waals surface area contributed by atoms with Gasteiger partial charge in [-0.2, -0.15) is 0 Å². The first-order chi connectivity index (χ1) is 19.3. The summed E-state index contributed by atoms with van der Waals surface area (Å²) >= 11 is 1.70. The molecular weight excluding hydrogens is 504 g/mol. The van der Waals surface area contributed by atoms with E-state index in [0.29, 0.717) is 13.2 Å². The van der Waals surface area contributed by atoms with Crippen LogP contribution >= 0.6 is 11.8 Å². The topological polar surface area (TPSA) is 36.9 Å². The molecule has 2 heterocycles. The molecule has 2 saturated heterocycles. The molecule has 2 aliphatic rings. The highest BCUT2D eigenvalue weighted by Crippen LogP contribution is 2.43. The Balaban J connectivity index is 1.30. The second-order valence-corrected chi connectivity index (χ2v) is 11.2. The van der Waals surface area contributed by atoms with Gasteiger partial charge >= 0.3 is 0 Å². The van der Waals surface area contributed by atoms with E-state index in [1.165, 1.54) is 5.56 Å². The molecule has 2 aliphatic heterocycles. The molecule has 2 fully saturated rings. The van der Waals surface area contributed by atoms with Gasteiger partial charge in [-0.3, -0.25) is 0 Å². The van der Waals surface area contributed by atoms with Crippen molar-refractivity contribution in [3.8, 4) is 0 Å². The molecule has 0 saturated carbocycles. The van der Waals surface area contributed by atoms with Crippen LogP contribution in [0.15, 0.2) is 126 Å². The predicted molar refractivity (Wildman–Crippen MR) is 154 cm³/mol. The Morgan fingerprint density at radius 2 is 1.13 bits per heavy atom. The Bertz CT molecular complexity index is 1270. The van der Waals surface area contributed by atoms with Gasteiger partial charge in [-0.25, -0.2) is 0 Å². The molecule has 4 nitrogen and oxygen atoms in total. The van der Waals surface area contributed by atoms with Gasteiger partial charge in [0, 0.05) is 4.90 Å². The van der Waals surface area contributed by atoms with E-state index in [4.69, 9.17) is 18.9 Å². The molecule has 4 aromatic rings. The van der Waals surface area contributed by atoms with Crippen molar-refractivity contribution in [2.24, 2.45) is 0 Å². The van der Waals surface area contributed by atoms with Crippen molar-refractivity contribution < 1.29 is 18.9 Å². The van der Waals surface area contributed by atoms with Crippen molar-refractivity contribution in [1.29, 1.82) is 0 Å². The summed E-state index contributed by atoms with van der Waals surface area (Å²) < 4.78 is 27.1. The molecule has 0 unspecified atom stereocenters. The molecule has 0 spiro atoms.